The molecule has 3 heteroatoms. The summed E-state index contributed by atoms with van der Waals surface area (Å²) >= 11 is 0. The van der Waals surface area contributed by atoms with Crippen molar-refractivity contribution in [1.82, 2.24) is 0 Å². The molecule has 0 aromatic heterocycles. The van der Waals surface area contributed by atoms with Crippen molar-refractivity contribution in [3.63, 3.8) is 0 Å². The maximum atomic E-state index is 6.53. The Kier molecular flexibility index (Phi) is 27.9. The molecule has 0 bridgehead atoms. The topological polar surface area (TPSA) is 9.23 Å². The molecule has 0 aromatic carbocycles. The van der Waals surface area contributed by atoms with Gasteiger partial charge < -0.3 is 0 Å². The van der Waals surface area contributed by atoms with Crippen molar-refractivity contribution in [3.05, 3.63) is 0 Å². The quantitative estimate of drug-likeness (QED) is 0.0456. The molecule has 0 aromatic rings. The molecule has 0 saturated heterocycles. The fourth-order valence-corrected chi connectivity index (χ4v) is 6.05. The molecule has 0 aliphatic rings. The Balaban J connectivity index is 3.55. The molecule has 0 heterocycles. The highest BCUT2D eigenvalue weighted by molar-refractivity contribution is 4.50. The number of quaternary nitrogens is 2. The molecular formula is C36H78N2O+2. The van der Waals surface area contributed by atoms with E-state index in [1.54, 1.807) is 0 Å². The molecule has 0 fully saturated rings. The summed E-state index contributed by atoms with van der Waals surface area (Å²) in [5.41, 5.74) is 0. The van der Waals surface area contributed by atoms with Gasteiger partial charge in [0.15, 0.2) is 0 Å². The van der Waals surface area contributed by atoms with Crippen molar-refractivity contribution < 1.29 is 14.2 Å². The SMILES string of the molecule is CCCCCCCCCCCCCCCC[N+](C)(C)O[N+](C)(C)CCCCCCCCCCCCCCCC. The van der Waals surface area contributed by atoms with Crippen LogP contribution in [0.4, 0.5) is 0 Å². The molecule has 0 amide bonds. The second-order valence-corrected chi connectivity index (χ2v) is 13.9. The largest absolute Gasteiger partial charge is 0.132 e. The highest BCUT2D eigenvalue weighted by Crippen LogP contribution is 2.17. The first kappa shape index (κ1) is 38.9. The highest BCUT2D eigenvalue weighted by Gasteiger charge is 2.30. The second kappa shape index (κ2) is 28.0. The lowest BCUT2D eigenvalue weighted by atomic mass is 10.0. The van der Waals surface area contributed by atoms with E-state index in [4.69, 9.17) is 4.94 Å². The normalized spacial score (nSPS) is 12.5. The first-order valence-electron chi connectivity index (χ1n) is 18.2. The predicted molar refractivity (Wildman–Crippen MR) is 176 cm³/mol. The summed E-state index contributed by atoms with van der Waals surface area (Å²) in [5, 5.41) is 0. The van der Waals surface area contributed by atoms with E-state index >= 15 is 0 Å². The Morgan fingerprint density at radius 3 is 0.667 bits per heavy atom. The zero-order valence-electron chi connectivity index (χ0n) is 28.5. The Morgan fingerprint density at radius 1 is 0.282 bits per heavy atom. The average molecular weight is 555 g/mol. The number of unbranched alkanes of at least 4 members (excludes halogenated alkanes) is 26. The van der Waals surface area contributed by atoms with Crippen LogP contribution in [0.5, 0.6) is 0 Å². The molecule has 0 radical (unpaired) electrons. The lowest BCUT2D eigenvalue weighted by Gasteiger charge is -2.34. The van der Waals surface area contributed by atoms with Gasteiger partial charge in [-0.25, -0.2) is 0 Å². The highest BCUT2D eigenvalue weighted by atomic mass is 16.9. The van der Waals surface area contributed by atoms with Crippen LogP contribution >= 0.6 is 0 Å². The van der Waals surface area contributed by atoms with E-state index in [1.165, 1.54) is 180 Å². The minimum atomic E-state index is 0.684. The van der Waals surface area contributed by atoms with Crippen LogP contribution in [0.1, 0.15) is 194 Å². The first-order valence-corrected chi connectivity index (χ1v) is 18.2. The van der Waals surface area contributed by atoms with E-state index in [0.717, 1.165) is 13.1 Å². The minimum Gasteiger partial charge on any atom is -0.132 e. The van der Waals surface area contributed by atoms with Gasteiger partial charge >= 0.3 is 0 Å². The lowest BCUT2D eigenvalue weighted by Crippen LogP contribution is -2.54. The maximum Gasteiger partial charge on any atom is 0.114 e. The molecule has 0 unspecified atom stereocenters. The molecule has 0 aliphatic heterocycles. The van der Waals surface area contributed by atoms with E-state index in [0.29, 0.717) is 9.29 Å². The molecule has 0 aliphatic carbocycles. The summed E-state index contributed by atoms with van der Waals surface area (Å²) in [6, 6.07) is 0. The van der Waals surface area contributed by atoms with Crippen LogP contribution in [0.2, 0.25) is 0 Å². The van der Waals surface area contributed by atoms with E-state index < -0.39 is 0 Å². The summed E-state index contributed by atoms with van der Waals surface area (Å²) in [6.45, 7) is 6.85. The molecule has 0 spiro atoms. The van der Waals surface area contributed by atoms with Gasteiger partial charge in [0.1, 0.15) is 41.3 Å². The zero-order valence-corrected chi connectivity index (χ0v) is 28.5. The van der Waals surface area contributed by atoms with E-state index in [-0.39, 0.29) is 0 Å². The second-order valence-electron chi connectivity index (χ2n) is 13.9. The zero-order chi connectivity index (χ0) is 28.9. The van der Waals surface area contributed by atoms with Crippen molar-refractivity contribution in [1.29, 1.82) is 0 Å². The van der Waals surface area contributed by atoms with Crippen molar-refractivity contribution in [2.24, 2.45) is 0 Å². The van der Waals surface area contributed by atoms with Gasteiger partial charge in [-0.1, -0.05) is 168 Å². The van der Waals surface area contributed by atoms with E-state index in [1.807, 2.05) is 0 Å². The van der Waals surface area contributed by atoms with Gasteiger partial charge in [-0.05, 0) is 30.6 Å². The number of rotatable bonds is 32. The summed E-state index contributed by atoms with van der Waals surface area (Å²) in [5.74, 6) is 0. The summed E-state index contributed by atoms with van der Waals surface area (Å²) < 4.78 is 1.37. The number of hydrogen-bond acceptors (Lipinski definition) is 1. The van der Waals surface area contributed by atoms with Crippen molar-refractivity contribution in [2.75, 3.05) is 41.3 Å². The number of hydroxylamine groups is 6. The Hall–Kier alpha value is -0.120. The van der Waals surface area contributed by atoms with E-state index in [9.17, 15) is 0 Å². The third-order valence-electron chi connectivity index (χ3n) is 8.54. The summed E-state index contributed by atoms with van der Waals surface area (Å²) in [7, 11) is 8.97. The Bertz CT molecular complexity index is 435. The average Bonchev–Trinajstić information content (AvgIpc) is 2.88. The monoisotopic (exact) mass is 555 g/mol. The molecule has 0 atom stereocenters. The van der Waals surface area contributed by atoms with Crippen molar-refractivity contribution in [2.45, 2.75) is 194 Å². The van der Waals surface area contributed by atoms with Crippen LogP contribution in [0.3, 0.4) is 0 Å². The molecule has 0 N–H and O–H groups in total. The van der Waals surface area contributed by atoms with Crippen LogP contribution in [0.25, 0.3) is 0 Å². The van der Waals surface area contributed by atoms with E-state index in [2.05, 4.69) is 42.0 Å². The van der Waals surface area contributed by atoms with Crippen LogP contribution in [0.15, 0.2) is 0 Å². The smallest absolute Gasteiger partial charge is 0.114 e. The van der Waals surface area contributed by atoms with Gasteiger partial charge in [-0.2, -0.15) is 0 Å². The number of nitrogens with zero attached hydrogens (tertiary/aromatic N) is 2. The lowest BCUT2D eigenvalue weighted by molar-refractivity contribution is -1.32. The number of hydrogen-bond donors (Lipinski definition) is 0. The molecule has 0 rings (SSSR count). The van der Waals surface area contributed by atoms with Gasteiger partial charge in [0.2, 0.25) is 0 Å². The standard InChI is InChI=1S/C36H78N2O/c1-7-9-11-13-15-17-19-21-23-25-27-29-31-33-35-37(3,4)39-38(5,6)36-34-32-30-28-26-24-22-20-18-16-14-12-10-8-2/h7-36H2,1-6H3/q+2. The Labute approximate surface area is 248 Å². The molecular weight excluding hydrogens is 476 g/mol. The van der Waals surface area contributed by atoms with Crippen LogP contribution in [0, 0.1) is 0 Å². The van der Waals surface area contributed by atoms with Gasteiger partial charge in [0.25, 0.3) is 0 Å². The van der Waals surface area contributed by atoms with Gasteiger partial charge in [-0.3, -0.25) is 0 Å². The van der Waals surface area contributed by atoms with Crippen molar-refractivity contribution >= 4 is 0 Å². The van der Waals surface area contributed by atoms with Crippen molar-refractivity contribution in [3.8, 4) is 0 Å². The van der Waals surface area contributed by atoms with Crippen LogP contribution in [-0.4, -0.2) is 50.6 Å². The molecule has 236 valence electrons. The first-order chi connectivity index (χ1) is 18.8. The predicted octanol–water partition coefficient (Wildman–Crippen LogP) is 11.9. The molecule has 39 heavy (non-hydrogen) atoms. The summed E-state index contributed by atoms with van der Waals surface area (Å²) in [4.78, 5) is 6.53. The molecule has 3 nitrogen and oxygen atoms in total. The fraction of sp³-hybridized carbons (Fsp3) is 1.00. The van der Waals surface area contributed by atoms with Gasteiger partial charge in [-0.15, -0.1) is 9.29 Å². The maximum absolute atomic E-state index is 6.53. The van der Waals surface area contributed by atoms with Crippen LogP contribution in [-0.2, 0) is 4.94 Å². The van der Waals surface area contributed by atoms with Gasteiger partial charge in [0.05, 0.1) is 0 Å². The fourth-order valence-electron chi connectivity index (χ4n) is 6.05. The third-order valence-corrected chi connectivity index (χ3v) is 8.54. The van der Waals surface area contributed by atoms with Crippen LogP contribution < -0.4 is 0 Å². The third kappa shape index (κ3) is 30.7. The van der Waals surface area contributed by atoms with Gasteiger partial charge in [0, 0.05) is 0 Å². The molecule has 0 saturated carbocycles. The Morgan fingerprint density at radius 2 is 0.462 bits per heavy atom. The minimum absolute atomic E-state index is 0.684. The summed E-state index contributed by atoms with van der Waals surface area (Å²) in [6.07, 6.45) is 39.8.